The molecular formula is C16H33NO2. The van der Waals surface area contributed by atoms with Crippen LogP contribution in [0.15, 0.2) is 5.16 Å². The van der Waals surface area contributed by atoms with Crippen LogP contribution >= 0.6 is 0 Å². The summed E-state index contributed by atoms with van der Waals surface area (Å²) in [6, 6.07) is 0. The minimum Gasteiger partial charge on any atom is -0.411 e. The third-order valence-corrected chi connectivity index (χ3v) is 4.14. The number of unbranched alkanes of at least 4 members (excludes halogenated alkanes) is 2. The molecule has 3 heteroatoms. The van der Waals surface area contributed by atoms with Gasteiger partial charge in [-0.2, -0.15) is 0 Å². The van der Waals surface area contributed by atoms with Crippen molar-refractivity contribution in [1.29, 1.82) is 0 Å². The van der Waals surface area contributed by atoms with Crippen LogP contribution in [0.3, 0.4) is 0 Å². The summed E-state index contributed by atoms with van der Waals surface area (Å²) in [6.45, 7) is 8.53. The van der Waals surface area contributed by atoms with Crippen LogP contribution in [0, 0.1) is 11.8 Å². The normalized spacial score (nSPS) is 17.2. The topological polar surface area (TPSA) is 52.8 Å². The predicted octanol–water partition coefficient (Wildman–Crippen LogP) is 4.61. The Hall–Kier alpha value is -0.570. The SMILES string of the molecule is CCCC[C@@H](CC)/C(=N\O)[C@H](O)[C@@H](CC)CCCC. The van der Waals surface area contributed by atoms with Crippen LogP contribution in [0.4, 0.5) is 0 Å². The maximum absolute atomic E-state index is 10.5. The summed E-state index contributed by atoms with van der Waals surface area (Å²) in [4.78, 5) is 0. The van der Waals surface area contributed by atoms with Crippen molar-refractivity contribution in [1.82, 2.24) is 0 Å². The van der Waals surface area contributed by atoms with E-state index in [9.17, 15) is 10.3 Å². The van der Waals surface area contributed by atoms with Crippen molar-refractivity contribution in [3.8, 4) is 0 Å². The van der Waals surface area contributed by atoms with Crippen molar-refractivity contribution in [2.24, 2.45) is 17.0 Å². The highest BCUT2D eigenvalue weighted by atomic mass is 16.4. The smallest absolute Gasteiger partial charge is 0.0984 e. The van der Waals surface area contributed by atoms with E-state index >= 15 is 0 Å². The maximum Gasteiger partial charge on any atom is 0.0984 e. The fourth-order valence-electron chi connectivity index (χ4n) is 2.69. The summed E-state index contributed by atoms with van der Waals surface area (Å²) < 4.78 is 0. The predicted molar refractivity (Wildman–Crippen MR) is 81.8 cm³/mol. The Morgan fingerprint density at radius 2 is 1.53 bits per heavy atom. The fraction of sp³-hybridized carbons (Fsp3) is 0.938. The zero-order valence-electron chi connectivity index (χ0n) is 13.2. The molecule has 0 heterocycles. The van der Waals surface area contributed by atoms with E-state index in [1.807, 2.05) is 0 Å². The lowest BCUT2D eigenvalue weighted by Crippen LogP contribution is -2.34. The third kappa shape index (κ3) is 6.42. The minimum absolute atomic E-state index is 0.218. The second-order valence-corrected chi connectivity index (χ2v) is 5.53. The van der Waals surface area contributed by atoms with Gasteiger partial charge in [0.2, 0.25) is 0 Å². The monoisotopic (exact) mass is 271 g/mol. The number of rotatable bonds is 11. The average molecular weight is 271 g/mol. The zero-order valence-corrected chi connectivity index (χ0v) is 13.2. The van der Waals surface area contributed by atoms with Gasteiger partial charge in [-0.1, -0.05) is 65.0 Å². The van der Waals surface area contributed by atoms with Gasteiger partial charge in [0.15, 0.2) is 0 Å². The molecule has 0 aromatic carbocycles. The summed E-state index contributed by atoms with van der Waals surface area (Å²) in [6.07, 6.45) is 7.83. The standard InChI is InChI=1S/C16H33NO2/c1-5-9-11-13(7-3)15(17-19)16(18)14(8-4)12-10-6-2/h13-14,16,18-19H,5-12H2,1-4H3/b17-15+/t13-,14+,16-/m1/s1. The maximum atomic E-state index is 10.5. The number of hydrogen-bond acceptors (Lipinski definition) is 3. The molecule has 0 rings (SSSR count). The van der Waals surface area contributed by atoms with Gasteiger partial charge in [0.05, 0.1) is 11.8 Å². The van der Waals surface area contributed by atoms with Crippen LogP contribution in [0.5, 0.6) is 0 Å². The molecular weight excluding hydrogens is 238 g/mol. The molecule has 0 fully saturated rings. The van der Waals surface area contributed by atoms with Gasteiger partial charge < -0.3 is 10.3 Å². The summed E-state index contributed by atoms with van der Waals surface area (Å²) >= 11 is 0. The van der Waals surface area contributed by atoms with Gasteiger partial charge in [-0.05, 0) is 25.2 Å². The Morgan fingerprint density at radius 3 is 1.95 bits per heavy atom. The van der Waals surface area contributed by atoms with E-state index in [0.29, 0.717) is 5.71 Å². The molecule has 0 bridgehead atoms. The first-order chi connectivity index (χ1) is 9.15. The van der Waals surface area contributed by atoms with E-state index in [1.165, 1.54) is 0 Å². The highest BCUT2D eigenvalue weighted by molar-refractivity contribution is 5.90. The summed E-state index contributed by atoms with van der Waals surface area (Å²) in [5.41, 5.74) is 0.610. The fourth-order valence-corrected chi connectivity index (χ4v) is 2.69. The lowest BCUT2D eigenvalue weighted by molar-refractivity contribution is 0.146. The molecule has 0 unspecified atom stereocenters. The van der Waals surface area contributed by atoms with Crippen molar-refractivity contribution in [3.63, 3.8) is 0 Å². The zero-order chi connectivity index (χ0) is 14.7. The van der Waals surface area contributed by atoms with Crippen LogP contribution < -0.4 is 0 Å². The van der Waals surface area contributed by atoms with E-state index in [1.54, 1.807) is 0 Å². The summed E-state index contributed by atoms with van der Waals surface area (Å²) in [5, 5.41) is 23.3. The Kier molecular flexibility index (Phi) is 10.9. The first-order valence-electron chi connectivity index (χ1n) is 8.05. The van der Waals surface area contributed by atoms with Gasteiger partial charge in [-0.25, -0.2) is 0 Å². The molecule has 0 aromatic rings. The Morgan fingerprint density at radius 1 is 0.947 bits per heavy atom. The molecule has 3 nitrogen and oxygen atoms in total. The quantitative estimate of drug-likeness (QED) is 0.327. The number of oxime groups is 1. The molecule has 0 radical (unpaired) electrons. The van der Waals surface area contributed by atoms with Crippen LogP contribution in [-0.4, -0.2) is 22.1 Å². The van der Waals surface area contributed by atoms with Crippen molar-refractivity contribution >= 4 is 5.71 Å². The molecule has 3 atom stereocenters. The average Bonchev–Trinajstić information content (AvgIpc) is 2.44. The van der Waals surface area contributed by atoms with Crippen LogP contribution in [0.2, 0.25) is 0 Å². The highest BCUT2D eigenvalue weighted by Crippen LogP contribution is 2.24. The molecule has 19 heavy (non-hydrogen) atoms. The highest BCUT2D eigenvalue weighted by Gasteiger charge is 2.27. The Labute approximate surface area is 119 Å². The molecule has 0 aliphatic heterocycles. The van der Waals surface area contributed by atoms with E-state index < -0.39 is 6.10 Å². The largest absolute Gasteiger partial charge is 0.411 e. The van der Waals surface area contributed by atoms with Gasteiger partial charge in [0.1, 0.15) is 0 Å². The number of nitrogens with zero attached hydrogens (tertiary/aromatic N) is 1. The second-order valence-electron chi connectivity index (χ2n) is 5.53. The van der Waals surface area contributed by atoms with Crippen molar-refractivity contribution in [2.75, 3.05) is 0 Å². The van der Waals surface area contributed by atoms with Gasteiger partial charge in [-0.3, -0.25) is 0 Å². The van der Waals surface area contributed by atoms with Crippen LogP contribution in [0.25, 0.3) is 0 Å². The van der Waals surface area contributed by atoms with E-state index in [2.05, 4.69) is 32.9 Å². The van der Waals surface area contributed by atoms with E-state index in [-0.39, 0.29) is 11.8 Å². The number of aliphatic hydroxyl groups excluding tert-OH is 1. The molecule has 0 saturated carbocycles. The summed E-state index contributed by atoms with van der Waals surface area (Å²) in [5.74, 6) is 0.442. The summed E-state index contributed by atoms with van der Waals surface area (Å²) in [7, 11) is 0. The number of hydrogen-bond donors (Lipinski definition) is 2. The van der Waals surface area contributed by atoms with Gasteiger partial charge in [-0.15, -0.1) is 0 Å². The van der Waals surface area contributed by atoms with E-state index in [4.69, 9.17) is 0 Å². The van der Waals surface area contributed by atoms with Gasteiger partial charge >= 0.3 is 0 Å². The first kappa shape index (κ1) is 18.4. The van der Waals surface area contributed by atoms with Crippen molar-refractivity contribution < 1.29 is 10.3 Å². The third-order valence-electron chi connectivity index (χ3n) is 4.14. The molecule has 0 aliphatic carbocycles. The van der Waals surface area contributed by atoms with Crippen LogP contribution in [0.1, 0.15) is 79.1 Å². The Balaban J connectivity index is 4.69. The molecule has 2 N–H and O–H groups in total. The van der Waals surface area contributed by atoms with Crippen molar-refractivity contribution in [3.05, 3.63) is 0 Å². The second kappa shape index (κ2) is 11.3. The van der Waals surface area contributed by atoms with Crippen molar-refractivity contribution in [2.45, 2.75) is 85.2 Å². The van der Waals surface area contributed by atoms with Gasteiger partial charge in [0, 0.05) is 5.92 Å². The molecule has 0 spiro atoms. The lowest BCUT2D eigenvalue weighted by Gasteiger charge is -2.26. The lowest BCUT2D eigenvalue weighted by atomic mass is 9.83. The molecule has 0 saturated heterocycles. The minimum atomic E-state index is -0.580. The molecule has 0 aliphatic rings. The first-order valence-corrected chi connectivity index (χ1v) is 8.05. The molecule has 114 valence electrons. The number of aliphatic hydroxyl groups is 1. The molecule has 0 aromatic heterocycles. The van der Waals surface area contributed by atoms with E-state index in [0.717, 1.165) is 51.4 Å². The molecule has 0 amide bonds. The van der Waals surface area contributed by atoms with Gasteiger partial charge in [0.25, 0.3) is 0 Å². The Bertz CT molecular complexity index is 241. The van der Waals surface area contributed by atoms with Crippen LogP contribution in [-0.2, 0) is 0 Å².